The van der Waals surface area contributed by atoms with Crippen LogP contribution in [0.15, 0.2) is 71.6 Å². The molecule has 0 unspecified atom stereocenters. The average molecular weight is 625 g/mol. The molecule has 0 saturated carbocycles. The molecule has 3 aromatic carbocycles. The second kappa shape index (κ2) is 14.2. The highest BCUT2D eigenvalue weighted by Crippen LogP contribution is 2.29. The second-order valence-electron chi connectivity index (χ2n) is 9.34. The van der Waals surface area contributed by atoms with Gasteiger partial charge < -0.3 is 10.2 Å². The van der Waals surface area contributed by atoms with E-state index >= 15 is 0 Å². The Morgan fingerprint density at radius 3 is 2.27 bits per heavy atom. The molecule has 0 bridgehead atoms. The van der Waals surface area contributed by atoms with Crippen LogP contribution in [-0.2, 0) is 26.2 Å². The summed E-state index contributed by atoms with van der Waals surface area (Å²) in [6.45, 7) is 5.25. The van der Waals surface area contributed by atoms with Crippen molar-refractivity contribution < 1.29 is 18.0 Å². The predicted molar refractivity (Wildman–Crippen MR) is 162 cm³/mol. The lowest BCUT2D eigenvalue weighted by atomic mass is 10.1. The van der Waals surface area contributed by atoms with Crippen molar-refractivity contribution in [2.24, 2.45) is 0 Å². The number of benzene rings is 3. The second-order valence-corrected chi connectivity index (χ2v) is 12.4. The van der Waals surface area contributed by atoms with Gasteiger partial charge in [0.05, 0.1) is 10.6 Å². The van der Waals surface area contributed by atoms with E-state index in [0.717, 1.165) is 22.7 Å². The van der Waals surface area contributed by atoms with Gasteiger partial charge >= 0.3 is 0 Å². The van der Waals surface area contributed by atoms with Crippen LogP contribution >= 0.6 is 34.8 Å². The highest BCUT2D eigenvalue weighted by Gasteiger charge is 2.33. The Morgan fingerprint density at radius 1 is 0.950 bits per heavy atom. The molecular weight excluding hydrogens is 593 g/mol. The SMILES string of the molecule is CCCCNC(=O)[C@@H](C)N(Cc1ccc(Cl)cc1Cl)C(=O)CN(c1ccc(C)c(Cl)c1)S(=O)(=O)c1ccccc1. The van der Waals surface area contributed by atoms with Crippen LogP contribution in [-0.4, -0.2) is 44.3 Å². The first-order valence-corrected chi connectivity index (χ1v) is 15.4. The van der Waals surface area contributed by atoms with Crippen LogP contribution in [0.3, 0.4) is 0 Å². The van der Waals surface area contributed by atoms with E-state index in [1.807, 2.05) is 6.92 Å². The lowest BCUT2D eigenvalue weighted by Crippen LogP contribution is -2.51. The highest BCUT2D eigenvalue weighted by molar-refractivity contribution is 7.92. The molecule has 0 fully saturated rings. The van der Waals surface area contributed by atoms with Gasteiger partial charge in [-0.1, -0.05) is 78.5 Å². The van der Waals surface area contributed by atoms with Gasteiger partial charge in [-0.15, -0.1) is 0 Å². The van der Waals surface area contributed by atoms with Crippen LogP contribution in [0.25, 0.3) is 0 Å². The summed E-state index contributed by atoms with van der Waals surface area (Å²) in [4.78, 5) is 28.3. The Labute approximate surface area is 251 Å². The van der Waals surface area contributed by atoms with Crippen LogP contribution in [0.1, 0.15) is 37.8 Å². The maximum absolute atomic E-state index is 14.0. The number of halogens is 3. The molecule has 0 spiro atoms. The van der Waals surface area contributed by atoms with Gasteiger partial charge in [0.2, 0.25) is 11.8 Å². The molecular formula is C29H32Cl3N3O4S. The maximum Gasteiger partial charge on any atom is 0.264 e. The molecule has 0 heterocycles. The van der Waals surface area contributed by atoms with Crippen molar-refractivity contribution in [3.05, 3.63) is 92.9 Å². The Hall–Kier alpha value is -2.78. The Bertz CT molecular complexity index is 1450. The molecule has 0 radical (unpaired) electrons. The minimum atomic E-state index is -4.18. The molecule has 0 aliphatic carbocycles. The Morgan fingerprint density at radius 2 is 1.65 bits per heavy atom. The fourth-order valence-electron chi connectivity index (χ4n) is 3.94. The third-order valence-corrected chi connectivity index (χ3v) is 9.19. The Balaban J connectivity index is 2.03. The van der Waals surface area contributed by atoms with Crippen molar-refractivity contribution >= 4 is 62.3 Å². The van der Waals surface area contributed by atoms with Gasteiger partial charge in [0.25, 0.3) is 10.0 Å². The molecule has 214 valence electrons. The molecule has 7 nitrogen and oxygen atoms in total. The standard InChI is InChI=1S/C29H32Cl3N3O4S/c1-4-5-15-33-29(37)21(3)34(18-22-12-13-23(30)16-27(22)32)28(36)19-35(24-14-11-20(2)26(31)17-24)40(38,39)25-9-7-6-8-10-25/h6-14,16-17,21H,4-5,15,18-19H2,1-3H3,(H,33,37)/t21-/m1/s1. The molecule has 2 amide bonds. The van der Waals surface area contributed by atoms with Gasteiger partial charge in [0.15, 0.2) is 0 Å². The first-order chi connectivity index (χ1) is 18.9. The largest absolute Gasteiger partial charge is 0.354 e. The molecule has 0 aliphatic rings. The van der Waals surface area contributed by atoms with Crippen LogP contribution < -0.4 is 9.62 Å². The molecule has 0 saturated heterocycles. The van der Waals surface area contributed by atoms with E-state index in [4.69, 9.17) is 34.8 Å². The van der Waals surface area contributed by atoms with Gasteiger partial charge in [0.1, 0.15) is 12.6 Å². The number of nitrogens with one attached hydrogen (secondary N) is 1. The predicted octanol–water partition coefficient (Wildman–Crippen LogP) is 6.48. The number of unbranched alkanes of at least 4 members (excludes halogenated alkanes) is 1. The van der Waals surface area contributed by atoms with Crippen LogP contribution in [0.2, 0.25) is 15.1 Å². The van der Waals surface area contributed by atoms with Crippen LogP contribution in [0.5, 0.6) is 0 Å². The molecule has 0 aromatic heterocycles. The van der Waals surface area contributed by atoms with E-state index in [0.29, 0.717) is 27.2 Å². The minimum Gasteiger partial charge on any atom is -0.354 e. The summed E-state index contributed by atoms with van der Waals surface area (Å²) < 4.78 is 28.6. The molecule has 0 aliphatic heterocycles. The smallest absolute Gasteiger partial charge is 0.264 e. The summed E-state index contributed by atoms with van der Waals surface area (Å²) >= 11 is 18.8. The van der Waals surface area contributed by atoms with E-state index in [1.165, 1.54) is 23.1 Å². The number of amides is 2. The fourth-order valence-corrected chi connectivity index (χ4v) is 6.01. The van der Waals surface area contributed by atoms with Crippen molar-refractivity contribution in [1.82, 2.24) is 10.2 Å². The monoisotopic (exact) mass is 623 g/mol. The molecule has 3 rings (SSSR count). The molecule has 40 heavy (non-hydrogen) atoms. The summed E-state index contributed by atoms with van der Waals surface area (Å²) in [7, 11) is -4.18. The summed E-state index contributed by atoms with van der Waals surface area (Å²) in [5.74, 6) is -0.955. The zero-order valence-electron chi connectivity index (χ0n) is 22.5. The number of carbonyl (C=O) groups excluding carboxylic acids is 2. The highest BCUT2D eigenvalue weighted by atomic mass is 35.5. The van der Waals surface area contributed by atoms with E-state index in [2.05, 4.69) is 5.32 Å². The molecule has 3 aromatic rings. The normalized spacial score (nSPS) is 12.1. The summed E-state index contributed by atoms with van der Waals surface area (Å²) in [5, 5.41) is 3.95. The molecule has 1 atom stereocenters. The number of hydrogen-bond acceptors (Lipinski definition) is 4. The number of hydrogen-bond donors (Lipinski definition) is 1. The van der Waals surface area contributed by atoms with E-state index in [1.54, 1.807) is 62.4 Å². The first kappa shape index (κ1) is 31.7. The molecule has 1 N–H and O–H groups in total. The van der Waals surface area contributed by atoms with Crippen molar-refractivity contribution in [2.45, 2.75) is 51.1 Å². The topological polar surface area (TPSA) is 86.8 Å². The van der Waals surface area contributed by atoms with Gasteiger partial charge in [-0.2, -0.15) is 0 Å². The van der Waals surface area contributed by atoms with Crippen molar-refractivity contribution in [3.63, 3.8) is 0 Å². The number of rotatable bonds is 12. The Kier molecular flexibility index (Phi) is 11.3. The molecule has 11 heteroatoms. The van der Waals surface area contributed by atoms with Crippen molar-refractivity contribution in [1.29, 1.82) is 0 Å². The van der Waals surface area contributed by atoms with Gasteiger partial charge in [0, 0.05) is 28.2 Å². The lowest BCUT2D eigenvalue weighted by Gasteiger charge is -2.32. The number of nitrogens with zero attached hydrogens (tertiary/aromatic N) is 2. The van der Waals surface area contributed by atoms with E-state index in [-0.39, 0.29) is 23.0 Å². The number of sulfonamides is 1. The summed E-state index contributed by atoms with van der Waals surface area (Å²) in [6.07, 6.45) is 1.68. The van der Waals surface area contributed by atoms with Gasteiger partial charge in [-0.25, -0.2) is 8.42 Å². The minimum absolute atomic E-state index is 0.0113. The van der Waals surface area contributed by atoms with Crippen LogP contribution in [0.4, 0.5) is 5.69 Å². The summed E-state index contributed by atoms with van der Waals surface area (Å²) in [5.41, 5.74) is 1.53. The quantitative estimate of drug-likeness (QED) is 0.234. The first-order valence-electron chi connectivity index (χ1n) is 12.8. The summed E-state index contributed by atoms with van der Waals surface area (Å²) in [6, 6.07) is 16.5. The third-order valence-electron chi connectivity index (χ3n) is 6.41. The van der Waals surface area contributed by atoms with Gasteiger partial charge in [-0.05, 0) is 67.8 Å². The maximum atomic E-state index is 14.0. The fraction of sp³-hybridized carbons (Fsp3) is 0.310. The average Bonchev–Trinajstić information content (AvgIpc) is 2.93. The zero-order valence-corrected chi connectivity index (χ0v) is 25.6. The van der Waals surface area contributed by atoms with Gasteiger partial charge in [-0.3, -0.25) is 13.9 Å². The lowest BCUT2D eigenvalue weighted by molar-refractivity contribution is -0.139. The van der Waals surface area contributed by atoms with E-state index in [9.17, 15) is 18.0 Å². The number of aryl methyl sites for hydroxylation is 1. The van der Waals surface area contributed by atoms with Crippen molar-refractivity contribution in [2.75, 3.05) is 17.4 Å². The van der Waals surface area contributed by atoms with Crippen molar-refractivity contribution in [3.8, 4) is 0 Å². The zero-order chi connectivity index (χ0) is 29.4. The van der Waals surface area contributed by atoms with E-state index < -0.39 is 28.5 Å². The number of carbonyl (C=O) groups is 2. The van der Waals surface area contributed by atoms with Crippen LogP contribution in [0, 0.1) is 6.92 Å². The number of anilines is 1. The third kappa shape index (κ3) is 7.91.